The van der Waals surface area contributed by atoms with E-state index in [-0.39, 0.29) is 12.3 Å². The van der Waals surface area contributed by atoms with E-state index in [2.05, 4.69) is 5.32 Å². The molecule has 172 valence electrons. The summed E-state index contributed by atoms with van der Waals surface area (Å²) in [6.45, 7) is 9.53. The fourth-order valence-electron chi connectivity index (χ4n) is 4.52. The monoisotopic (exact) mass is 448 g/mol. The highest BCUT2D eigenvalue weighted by Crippen LogP contribution is 2.50. The first-order valence-electron chi connectivity index (χ1n) is 11.0. The molecule has 2 amide bonds. The Labute approximate surface area is 193 Å². The molecule has 1 N–H and O–H groups in total. The Bertz CT molecular complexity index is 1180. The van der Waals surface area contributed by atoms with Crippen LogP contribution in [0, 0.1) is 0 Å². The highest BCUT2D eigenvalue weighted by molar-refractivity contribution is 6.22. The minimum absolute atomic E-state index is 0.237. The smallest absolute Gasteiger partial charge is 0.412 e. The first-order valence-corrected chi connectivity index (χ1v) is 11.0. The van der Waals surface area contributed by atoms with Gasteiger partial charge in [0, 0.05) is 24.1 Å². The Morgan fingerprint density at radius 2 is 1.79 bits per heavy atom. The number of carbonyl (C=O) groups is 3. The van der Waals surface area contributed by atoms with Crippen LogP contribution in [0.25, 0.3) is 5.57 Å². The number of ether oxygens (including phenoxy) is 2. The van der Waals surface area contributed by atoms with Crippen molar-refractivity contribution in [1.29, 1.82) is 0 Å². The topological polar surface area (TPSA) is 84.9 Å². The quantitative estimate of drug-likeness (QED) is 0.667. The van der Waals surface area contributed by atoms with E-state index < -0.39 is 23.3 Å². The normalized spacial score (nSPS) is 20.1. The van der Waals surface area contributed by atoms with Gasteiger partial charge in [-0.2, -0.15) is 0 Å². The SMILES string of the molecule is CCN1C(=O)[C@]2(CC(C)=C(c3ccccc3NC(=O)OC(C)(C)C)C(=O)O2)c2ccccc21. The van der Waals surface area contributed by atoms with Crippen molar-refractivity contribution in [3.63, 3.8) is 0 Å². The molecule has 0 unspecified atom stereocenters. The molecule has 1 atom stereocenters. The molecular weight excluding hydrogens is 420 g/mol. The number of likely N-dealkylation sites (N-methyl/N-ethyl adjacent to an activating group) is 1. The van der Waals surface area contributed by atoms with Crippen LogP contribution in [0.4, 0.5) is 16.2 Å². The number of fused-ring (bicyclic) bond motifs is 2. The first-order chi connectivity index (χ1) is 15.6. The van der Waals surface area contributed by atoms with Gasteiger partial charge in [0.05, 0.1) is 16.9 Å². The zero-order valence-corrected chi connectivity index (χ0v) is 19.5. The Hall–Kier alpha value is -3.61. The van der Waals surface area contributed by atoms with Crippen LogP contribution in [0.1, 0.15) is 52.2 Å². The summed E-state index contributed by atoms with van der Waals surface area (Å²) in [7, 11) is 0. The lowest BCUT2D eigenvalue weighted by molar-refractivity contribution is -0.163. The number of hydrogen-bond acceptors (Lipinski definition) is 5. The molecule has 33 heavy (non-hydrogen) atoms. The van der Waals surface area contributed by atoms with Gasteiger partial charge in [-0.05, 0) is 46.8 Å². The van der Waals surface area contributed by atoms with E-state index in [1.807, 2.05) is 38.1 Å². The second-order valence-corrected chi connectivity index (χ2v) is 9.29. The van der Waals surface area contributed by atoms with E-state index in [0.29, 0.717) is 34.5 Å². The van der Waals surface area contributed by atoms with Gasteiger partial charge < -0.3 is 14.4 Å². The third-order valence-corrected chi connectivity index (χ3v) is 5.78. The van der Waals surface area contributed by atoms with E-state index >= 15 is 0 Å². The second kappa shape index (κ2) is 8.06. The lowest BCUT2D eigenvalue weighted by Crippen LogP contribution is -2.46. The van der Waals surface area contributed by atoms with Crippen molar-refractivity contribution < 1.29 is 23.9 Å². The Kier molecular flexibility index (Phi) is 5.52. The van der Waals surface area contributed by atoms with Crippen molar-refractivity contribution in [2.75, 3.05) is 16.8 Å². The van der Waals surface area contributed by atoms with Crippen molar-refractivity contribution in [2.24, 2.45) is 0 Å². The van der Waals surface area contributed by atoms with Gasteiger partial charge in [0.15, 0.2) is 0 Å². The Morgan fingerprint density at radius 1 is 1.12 bits per heavy atom. The van der Waals surface area contributed by atoms with Crippen molar-refractivity contribution >= 4 is 34.9 Å². The van der Waals surface area contributed by atoms with Gasteiger partial charge in [0.1, 0.15) is 5.60 Å². The summed E-state index contributed by atoms with van der Waals surface area (Å²) in [6, 6.07) is 14.4. The molecule has 1 spiro atoms. The third kappa shape index (κ3) is 3.88. The van der Waals surface area contributed by atoms with Gasteiger partial charge in [-0.25, -0.2) is 9.59 Å². The van der Waals surface area contributed by atoms with E-state index in [0.717, 1.165) is 5.69 Å². The van der Waals surface area contributed by atoms with Crippen LogP contribution in [0.15, 0.2) is 54.1 Å². The van der Waals surface area contributed by atoms with Crippen LogP contribution >= 0.6 is 0 Å². The summed E-state index contributed by atoms with van der Waals surface area (Å²) >= 11 is 0. The Balaban J connectivity index is 1.74. The number of nitrogens with one attached hydrogen (secondary N) is 1. The molecule has 7 nitrogen and oxygen atoms in total. The fraction of sp³-hybridized carbons (Fsp3) is 0.346. The molecule has 0 aliphatic carbocycles. The average molecular weight is 449 g/mol. The maximum absolute atomic E-state index is 13.4. The fourth-order valence-corrected chi connectivity index (χ4v) is 4.52. The van der Waals surface area contributed by atoms with E-state index in [9.17, 15) is 14.4 Å². The predicted molar refractivity (Wildman–Crippen MR) is 126 cm³/mol. The Morgan fingerprint density at radius 3 is 2.45 bits per heavy atom. The average Bonchev–Trinajstić information content (AvgIpc) is 2.95. The summed E-state index contributed by atoms with van der Waals surface area (Å²) < 4.78 is 11.3. The van der Waals surface area contributed by atoms with Crippen LogP contribution in [0.3, 0.4) is 0 Å². The highest BCUT2D eigenvalue weighted by atomic mass is 16.6. The molecule has 0 aromatic heterocycles. The van der Waals surface area contributed by atoms with Crippen LogP contribution in [-0.4, -0.2) is 30.1 Å². The molecule has 0 radical (unpaired) electrons. The summed E-state index contributed by atoms with van der Waals surface area (Å²) in [5, 5.41) is 2.73. The maximum Gasteiger partial charge on any atom is 0.412 e. The first kappa shape index (κ1) is 22.6. The van der Waals surface area contributed by atoms with Crippen molar-refractivity contribution in [3.05, 3.63) is 65.2 Å². The van der Waals surface area contributed by atoms with Crippen molar-refractivity contribution in [2.45, 2.75) is 52.2 Å². The molecule has 7 heteroatoms. The van der Waals surface area contributed by atoms with Gasteiger partial charge in [0.25, 0.3) is 5.91 Å². The van der Waals surface area contributed by atoms with E-state index in [4.69, 9.17) is 9.47 Å². The number of carbonyl (C=O) groups excluding carboxylic acids is 3. The van der Waals surface area contributed by atoms with Crippen LogP contribution in [0.5, 0.6) is 0 Å². The van der Waals surface area contributed by atoms with Crippen LogP contribution < -0.4 is 10.2 Å². The van der Waals surface area contributed by atoms with Crippen molar-refractivity contribution in [3.8, 4) is 0 Å². The number of rotatable bonds is 3. The van der Waals surface area contributed by atoms with E-state index in [1.165, 1.54) is 0 Å². The van der Waals surface area contributed by atoms with Gasteiger partial charge in [-0.3, -0.25) is 10.1 Å². The number of amides is 2. The molecule has 0 saturated carbocycles. The zero-order valence-electron chi connectivity index (χ0n) is 19.5. The third-order valence-electron chi connectivity index (χ3n) is 5.78. The largest absolute Gasteiger partial charge is 0.444 e. The predicted octanol–water partition coefficient (Wildman–Crippen LogP) is 5.02. The van der Waals surface area contributed by atoms with E-state index in [1.54, 1.807) is 49.9 Å². The van der Waals surface area contributed by atoms with Gasteiger partial charge in [-0.15, -0.1) is 0 Å². The van der Waals surface area contributed by atoms with Gasteiger partial charge in [0.2, 0.25) is 5.60 Å². The van der Waals surface area contributed by atoms with Crippen molar-refractivity contribution in [1.82, 2.24) is 0 Å². The summed E-state index contributed by atoms with van der Waals surface area (Å²) in [6.07, 6.45) is -0.381. The van der Waals surface area contributed by atoms with Gasteiger partial charge in [-0.1, -0.05) is 42.0 Å². The number of anilines is 2. The summed E-state index contributed by atoms with van der Waals surface area (Å²) in [5.41, 5.74) is 1.44. The molecule has 0 saturated heterocycles. The summed E-state index contributed by atoms with van der Waals surface area (Å²) in [4.78, 5) is 40.8. The molecule has 0 fully saturated rings. The molecule has 2 aromatic carbocycles. The lowest BCUT2D eigenvalue weighted by atomic mass is 9.83. The van der Waals surface area contributed by atoms with Crippen LogP contribution in [-0.2, 0) is 24.7 Å². The molecule has 2 aliphatic heterocycles. The minimum Gasteiger partial charge on any atom is -0.444 e. The minimum atomic E-state index is -1.37. The molecule has 4 rings (SSSR count). The molecule has 2 aliphatic rings. The van der Waals surface area contributed by atoms with Crippen LogP contribution in [0.2, 0.25) is 0 Å². The molecule has 2 heterocycles. The number of nitrogens with zero attached hydrogens (tertiary/aromatic N) is 1. The number of esters is 1. The number of hydrogen-bond donors (Lipinski definition) is 1. The molecule has 0 bridgehead atoms. The number of benzene rings is 2. The second-order valence-electron chi connectivity index (χ2n) is 9.29. The lowest BCUT2D eigenvalue weighted by Gasteiger charge is -2.34. The maximum atomic E-state index is 13.4. The molecule has 2 aromatic rings. The number of para-hydroxylation sites is 2. The molecular formula is C26H28N2O5. The van der Waals surface area contributed by atoms with Gasteiger partial charge >= 0.3 is 12.1 Å². The standard InChI is InChI=1S/C26H28N2O5/c1-6-28-20-14-10-8-12-18(20)26(23(28)30)15-16(2)21(22(29)32-26)17-11-7-9-13-19(17)27-24(31)33-25(3,4)5/h7-14H,6,15H2,1-5H3,(H,27,31)/t26-/m0/s1. The summed E-state index contributed by atoms with van der Waals surface area (Å²) in [5.74, 6) is -0.837. The highest BCUT2D eigenvalue weighted by Gasteiger charge is 2.56. The zero-order chi connectivity index (χ0) is 24.0.